The Balaban J connectivity index is 0.000000214. The van der Waals surface area contributed by atoms with Gasteiger partial charge in [0.25, 0.3) is 0 Å². The van der Waals surface area contributed by atoms with E-state index in [0.29, 0.717) is 10.9 Å². The van der Waals surface area contributed by atoms with E-state index in [1.54, 1.807) is 7.05 Å². The number of carbonyl (C=O) groups excluding carboxylic acids is 2. The molecule has 4 N–H and O–H groups in total. The molecule has 0 aliphatic carbocycles. The smallest absolute Gasteiger partial charge is 0.327 e. The Bertz CT molecular complexity index is 1600. The lowest BCUT2D eigenvalue weighted by Crippen LogP contribution is -2.70. The molecule has 2 aliphatic heterocycles. The first-order valence-electron chi connectivity index (χ1n) is 15.7. The van der Waals surface area contributed by atoms with E-state index in [0.717, 1.165) is 31.7 Å². The summed E-state index contributed by atoms with van der Waals surface area (Å²) in [5.74, 6) is -1.30. The molecule has 12 nitrogen and oxygen atoms in total. The zero-order valence-electron chi connectivity index (χ0n) is 26.9. The van der Waals surface area contributed by atoms with Gasteiger partial charge in [-0.1, -0.05) is 103 Å². The third-order valence-corrected chi connectivity index (χ3v) is 11.2. The topological polar surface area (TPSA) is 154 Å². The predicted molar refractivity (Wildman–Crippen MR) is 186 cm³/mol. The highest BCUT2D eigenvalue weighted by Gasteiger charge is 2.65. The molecule has 3 unspecified atom stereocenters. The maximum absolute atomic E-state index is 12.7. The van der Waals surface area contributed by atoms with Gasteiger partial charge < -0.3 is 26.0 Å². The Kier molecular flexibility index (Phi) is 12.2. The SMILES string of the molecule is Cn1nnnc1SCC1(C)S[C@@H]2C(NC(=O)Cc3ccccc3)C(=O)N2C1C(=O)O.c1ccc(CNCCNCc2ccccc2)cc1. The van der Waals surface area contributed by atoms with E-state index in [2.05, 4.69) is 80.0 Å². The van der Waals surface area contributed by atoms with Crippen LogP contribution in [0.25, 0.3) is 0 Å². The van der Waals surface area contributed by atoms with Gasteiger partial charge in [0.15, 0.2) is 0 Å². The second-order valence-electron chi connectivity index (χ2n) is 11.7. The van der Waals surface area contributed by atoms with Crippen molar-refractivity contribution in [3.8, 4) is 0 Å². The van der Waals surface area contributed by atoms with Gasteiger partial charge in [-0.15, -0.1) is 16.9 Å². The lowest BCUT2D eigenvalue weighted by atomic mass is 9.95. The molecule has 2 saturated heterocycles. The van der Waals surface area contributed by atoms with Crippen molar-refractivity contribution in [1.29, 1.82) is 0 Å². The summed E-state index contributed by atoms with van der Waals surface area (Å²) in [6.45, 7) is 5.67. The van der Waals surface area contributed by atoms with Gasteiger partial charge in [-0.2, -0.15) is 0 Å². The average Bonchev–Trinajstić information content (AvgIpc) is 3.64. The molecule has 4 atom stereocenters. The third-order valence-electron chi connectivity index (χ3n) is 7.98. The van der Waals surface area contributed by atoms with E-state index in [1.165, 1.54) is 44.2 Å². The number of aromatic nitrogens is 4. The molecule has 48 heavy (non-hydrogen) atoms. The Labute approximate surface area is 288 Å². The number of carbonyl (C=O) groups is 3. The van der Waals surface area contributed by atoms with E-state index in [1.807, 2.05) is 49.4 Å². The van der Waals surface area contributed by atoms with Gasteiger partial charge in [-0.05, 0) is 34.0 Å². The number of fused-ring (bicyclic) bond motifs is 1. The number of aliphatic carboxylic acids is 1. The zero-order valence-corrected chi connectivity index (χ0v) is 28.5. The maximum Gasteiger partial charge on any atom is 0.327 e. The van der Waals surface area contributed by atoms with Crippen LogP contribution >= 0.6 is 23.5 Å². The van der Waals surface area contributed by atoms with Crippen LogP contribution in [0.5, 0.6) is 0 Å². The number of hydrogen-bond donors (Lipinski definition) is 4. The molecular weight excluding hydrogens is 649 g/mol. The van der Waals surface area contributed by atoms with Crippen molar-refractivity contribution in [2.24, 2.45) is 7.05 Å². The van der Waals surface area contributed by atoms with Gasteiger partial charge >= 0.3 is 5.97 Å². The van der Waals surface area contributed by atoms with Crippen molar-refractivity contribution in [2.75, 3.05) is 18.8 Å². The first-order valence-corrected chi connectivity index (χ1v) is 17.5. The third kappa shape index (κ3) is 9.01. The van der Waals surface area contributed by atoms with E-state index in [-0.39, 0.29) is 18.2 Å². The highest BCUT2D eigenvalue weighted by molar-refractivity contribution is 8.04. The molecule has 0 saturated carbocycles. The second kappa shape index (κ2) is 16.7. The fourth-order valence-corrected chi connectivity index (χ4v) is 8.43. The molecule has 3 aromatic carbocycles. The largest absolute Gasteiger partial charge is 0.480 e. The van der Waals surface area contributed by atoms with Gasteiger partial charge in [0.05, 0.1) is 11.2 Å². The van der Waals surface area contributed by atoms with Gasteiger partial charge in [-0.25, -0.2) is 9.48 Å². The number of nitrogens with one attached hydrogen (secondary N) is 3. The van der Waals surface area contributed by atoms with Crippen LogP contribution in [0.1, 0.15) is 23.6 Å². The minimum atomic E-state index is -1.06. The van der Waals surface area contributed by atoms with Crippen molar-refractivity contribution in [3.63, 3.8) is 0 Å². The van der Waals surface area contributed by atoms with Crippen LogP contribution in [0.4, 0.5) is 0 Å². The number of amides is 2. The number of tetrazole rings is 1. The molecule has 2 fully saturated rings. The maximum atomic E-state index is 12.7. The Morgan fingerprint density at radius 1 is 0.896 bits per heavy atom. The number of thioether (sulfide) groups is 2. The summed E-state index contributed by atoms with van der Waals surface area (Å²) in [5.41, 5.74) is 3.51. The van der Waals surface area contributed by atoms with Crippen LogP contribution in [-0.4, -0.2) is 89.0 Å². The summed E-state index contributed by atoms with van der Waals surface area (Å²) in [6, 6.07) is 28.5. The van der Waals surface area contributed by atoms with Crippen LogP contribution in [-0.2, 0) is 40.9 Å². The fraction of sp³-hybridized carbons (Fsp3) is 0.353. The standard InChI is InChI=1S/C18H20N6O4S2.C16H20N2/c1-18(9-29-17-20-21-22-23(17)2)13(16(27)28)24-14(26)12(15(24)30-18)19-11(25)8-10-6-4-3-5-7-10;1-3-7-15(8-4-1)13-17-11-12-18-14-16-9-5-2-6-10-16/h3-7,12-13,15H,8-9H2,1-2H3,(H,19,25)(H,27,28);1-10,17-18H,11-14H2/t12?,13?,15-,18?;/m1./s1. The van der Waals surface area contributed by atoms with E-state index in [9.17, 15) is 19.5 Å². The Hall–Kier alpha value is -4.24. The summed E-state index contributed by atoms with van der Waals surface area (Å²) < 4.78 is 0.748. The predicted octanol–water partition coefficient (Wildman–Crippen LogP) is 2.72. The molecule has 0 radical (unpaired) electrons. The molecule has 0 bridgehead atoms. The van der Waals surface area contributed by atoms with Crippen molar-refractivity contribution in [2.45, 2.75) is 53.8 Å². The molecule has 2 aliphatic rings. The first kappa shape index (κ1) is 35.1. The van der Waals surface area contributed by atoms with Gasteiger partial charge in [0, 0.05) is 39.0 Å². The van der Waals surface area contributed by atoms with Crippen molar-refractivity contribution in [3.05, 3.63) is 108 Å². The minimum Gasteiger partial charge on any atom is -0.480 e. The molecule has 6 rings (SSSR count). The van der Waals surface area contributed by atoms with E-state index < -0.39 is 28.2 Å². The molecule has 0 spiro atoms. The van der Waals surface area contributed by atoms with Crippen LogP contribution in [0.2, 0.25) is 0 Å². The summed E-state index contributed by atoms with van der Waals surface area (Å²) in [4.78, 5) is 38.5. The number of benzene rings is 3. The van der Waals surface area contributed by atoms with E-state index in [4.69, 9.17) is 0 Å². The summed E-state index contributed by atoms with van der Waals surface area (Å²) >= 11 is 2.74. The molecule has 14 heteroatoms. The molecule has 4 aromatic rings. The number of hydrogen-bond acceptors (Lipinski definition) is 10. The lowest BCUT2D eigenvalue weighted by Gasteiger charge is -2.43. The number of aryl methyl sites for hydroxylation is 1. The van der Waals surface area contributed by atoms with Crippen LogP contribution in [0, 0.1) is 0 Å². The van der Waals surface area contributed by atoms with Gasteiger partial charge in [-0.3, -0.25) is 9.59 Å². The van der Waals surface area contributed by atoms with Crippen LogP contribution in [0.3, 0.4) is 0 Å². The molecule has 2 amide bonds. The first-order chi connectivity index (χ1) is 23.2. The van der Waals surface area contributed by atoms with E-state index >= 15 is 0 Å². The summed E-state index contributed by atoms with van der Waals surface area (Å²) in [6.07, 6.45) is 0.163. The van der Waals surface area contributed by atoms with Crippen LogP contribution < -0.4 is 16.0 Å². The molecular formula is C34H40N8O4S2. The van der Waals surface area contributed by atoms with Crippen molar-refractivity contribution < 1.29 is 19.5 Å². The Morgan fingerprint density at radius 2 is 1.44 bits per heavy atom. The normalized spacial score (nSPS) is 21.1. The quantitative estimate of drug-likeness (QED) is 0.0879. The number of carboxylic acid groups (broad SMARTS) is 1. The van der Waals surface area contributed by atoms with Gasteiger partial charge in [0.2, 0.25) is 17.0 Å². The number of nitrogens with zero attached hydrogens (tertiary/aromatic N) is 5. The monoisotopic (exact) mass is 688 g/mol. The Morgan fingerprint density at radius 3 is 1.94 bits per heavy atom. The second-order valence-corrected chi connectivity index (χ2v) is 14.3. The highest BCUT2D eigenvalue weighted by Crippen LogP contribution is 2.52. The van der Waals surface area contributed by atoms with Gasteiger partial charge in [0.1, 0.15) is 17.5 Å². The zero-order chi connectivity index (χ0) is 33.9. The fourth-order valence-electron chi connectivity index (χ4n) is 5.54. The average molecular weight is 689 g/mol. The highest BCUT2D eigenvalue weighted by atomic mass is 32.2. The number of β-lactam (4-membered cyclic amide) rings is 1. The lowest BCUT2D eigenvalue weighted by molar-refractivity contribution is -0.161. The molecule has 1 aromatic heterocycles. The minimum absolute atomic E-state index is 0.163. The number of carboxylic acids is 1. The number of rotatable bonds is 14. The summed E-state index contributed by atoms with van der Waals surface area (Å²) in [7, 11) is 1.70. The molecule has 252 valence electrons. The van der Waals surface area contributed by atoms with Crippen molar-refractivity contribution >= 4 is 41.3 Å². The molecule has 3 heterocycles. The van der Waals surface area contributed by atoms with Crippen molar-refractivity contribution in [1.82, 2.24) is 41.1 Å². The summed E-state index contributed by atoms with van der Waals surface area (Å²) in [5, 5.41) is 30.9. The van der Waals surface area contributed by atoms with Crippen LogP contribution in [0.15, 0.2) is 96.2 Å².